The third-order valence-corrected chi connectivity index (χ3v) is 16.0. The first-order valence-electron chi connectivity index (χ1n) is 27.9. The maximum atomic E-state index is 15.1. The summed E-state index contributed by atoms with van der Waals surface area (Å²) in [6.45, 7) is 0.230. The van der Waals surface area contributed by atoms with E-state index < -0.39 is 165 Å². The third-order valence-electron chi connectivity index (χ3n) is 16.0. The number of alkyl halides is 2. The number of hydrogen-bond donors (Lipinski definition) is 8. The van der Waals surface area contributed by atoms with Crippen LogP contribution in [0.15, 0.2) is 96.1 Å². The number of aliphatic hydroxyl groups is 6. The average molecular weight is 1160 g/mol. The first kappa shape index (κ1) is 62.6. The van der Waals surface area contributed by atoms with Crippen LogP contribution in [0.1, 0.15) is 88.0 Å². The van der Waals surface area contributed by atoms with Crippen molar-refractivity contribution in [3.8, 4) is 0 Å². The zero-order chi connectivity index (χ0) is 58.5. The monoisotopic (exact) mass is 1160 g/mol. The van der Waals surface area contributed by atoms with Gasteiger partial charge in [0.25, 0.3) is 5.92 Å². The number of ether oxygens (including phenoxy) is 9. The fourth-order valence-electron chi connectivity index (χ4n) is 11.4. The van der Waals surface area contributed by atoms with Gasteiger partial charge in [0.1, 0.15) is 61.7 Å². The number of benzene rings is 3. The molecule has 82 heavy (non-hydrogen) atoms. The molecule has 450 valence electrons. The number of hydrogen-bond acceptors (Lipinski definition) is 19. The Morgan fingerprint density at radius 1 is 0.732 bits per heavy atom. The summed E-state index contributed by atoms with van der Waals surface area (Å²) in [5, 5.41) is 76.7. The zero-order valence-corrected chi connectivity index (χ0v) is 45.6. The summed E-state index contributed by atoms with van der Waals surface area (Å²) in [5.41, 5.74) is 11.0. The zero-order valence-electron chi connectivity index (χ0n) is 45.6. The second-order valence-corrected chi connectivity index (χ2v) is 21.7. The highest BCUT2D eigenvalue weighted by atomic mass is 19.3. The Bertz CT molecular complexity index is 2550. The van der Waals surface area contributed by atoms with Crippen LogP contribution in [-0.4, -0.2) is 172 Å². The first-order valence-corrected chi connectivity index (χ1v) is 27.9. The van der Waals surface area contributed by atoms with Crippen molar-refractivity contribution >= 4 is 18.0 Å². The number of carbonyl (C=O) groups excluding carboxylic acids is 3. The van der Waals surface area contributed by atoms with Gasteiger partial charge in [0.15, 0.2) is 18.9 Å². The number of amides is 2. The van der Waals surface area contributed by atoms with Gasteiger partial charge in [0.05, 0.1) is 61.7 Å². The lowest BCUT2D eigenvalue weighted by molar-refractivity contribution is -0.311. The lowest BCUT2D eigenvalue weighted by Crippen LogP contribution is -2.66. The molecule has 5 aliphatic rings. The van der Waals surface area contributed by atoms with Crippen molar-refractivity contribution in [2.75, 3.05) is 19.8 Å². The van der Waals surface area contributed by atoms with Crippen LogP contribution in [0.3, 0.4) is 0 Å². The summed E-state index contributed by atoms with van der Waals surface area (Å²) in [4.78, 5) is 43.0. The first-order chi connectivity index (χ1) is 39.5. The van der Waals surface area contributed by atoms with Crippen LogP contribution in [0.4, 0.5) is 18.4 Å². The highest BCUT2D eigenvalue weighted by Gasteiger charge is 2.56. The van der Waals surface area contributed by atoms with Gasteiger partial charge in [-0.15, -0.1) is 0 Å². The van der Waals surface area contributed by atoms with Crippen molar-refractivity contribution in [3.63, 3.8) is 0 Å². The van der Waals surface area contributed by atoms with Crippen LogP contribution in [-0.2, 0) is 60.6 Å². The molecule has 0 bridgehead atoms. The van der Waals surface area contributed by atoms with Gasteiger partial charge in [-0.1, -0.05) is 103 Å². The normalized spacial score (nSPS) is 34.1. The fraction of sp³-hybridized carbons (Fsp3) is 0.632. The molecule has 4 saturated heterocycles. The molecule has 1 unspecified atom stereocenters. The molecule has 0 radical (unpaired) electrons. The number of rotatable bonds is 24. The summed E-state index contributed by atoms with van der Waals surface area (Å²) in [6, 6.07) is 24.6. The summed E-state index contributed by atoms with van der Waals surface area (Å²) in [5.74, 6) is -8.46. The largest absolute Gasteiger partial charge is 0.445 e. The van der Waals surface area contributed by atoms with E-state index in [9.17, 15) is 45.0 Å². The number of aliphatic hydroxyl groups excluding tert-OH is 6. The molecule has 1 aliphatic carbocycles. The number of unbranched alkanes of at least 4 members (excludes halogenated alkanes) is 1. The number of fused-ring (bicyclic) bond motifs is 1. The lowest BCUT2D eigenvalue weighted by atomic mass is 9.73. The highest BCUT2D eigenvalue weighted by Crippen LogP contribution is 2.43. The average Bonchev–Trinajstić information content (AvgIpc) is 3.96. The Kier molecular flexibility index (Phi) is 22.4. The molecule has 8 rings (SSSR count). The van der Waals surface area contributed by atoms with Gasteiger partial charge in [0, 0.05) is 24.4 Å². The molecule has 20 atom stereocenters. The van der Waals surface area contributed by atoms with E-state index in [1.807, 2.05) is 30.3 Å². The molecule has 1 saturated carbocycles. The Hall–Kier alpha value is -5.48. The van der Waals surface area contributed by atoms with Gasteiger partial charge in [-0.05, 0) is 79.5 Å². The molecule has 25 heteroatoms. The van der Waals surface area contributed by atoms with Gasteiger partial charge >= 0.3 is 12.2 Å². The number of Topliss-reactive ketones (excluding diaryl/α,β-unsaturated/α-hetero) is 1. The Morgan fingerprint density at radius 3 is 1.98 bits per heavy atom. The van der Waals surface area contributed by atoms with Crippen LogP contribution in [0.5, 0.6) is 0 Å². The second kappa shape index (κ2) is 29.4. The van der Waals surface area contributed by atoms with E-state index in [1.165, 1.54) is 0 Å². The maximum absolute atomic E-state index is 15.1. The molecular formula is C57H75F2N5O18. The van der Waals surface area contributed by atoms with E-state index in [2.05, 4.69) is 20.7 Å². The van der Waals surface area contributed by atoms with E-state index in [0.29, 0.717) is 36.8 Å². The third kappa shape index (κ3) is 15.8. The number of carbonyl (C=O) groups is 3. The van der Waals surface area contributed by atoms with Crippen molar-refractivity contribution in [1.29, 1.82) is 0 Å². The van der Waals surface area contributed by atoms with Crippen LogP contribution < -0.4 is 10.6 Å². The van der Waals surface area contributed by atoms with E-state index in [1.54, 1.807) is 67.6 Å². The number of nitrogens with one attached hydrogen (secondary N) is 2. The molecule has 5 fully saturated rings. The van der Waals surface area contributed by atoms with E-state index in [-0.39, 0.29) is 39.1 Å². The lowest BCUT2D eigenvalue weighted by Gasteiger charge is -2.48. The number of nitrogens with zero attached hydrogens (tertiary/aromatic N) is 3. The SMILES string of the molecule is C[C@H](C(=O)C[C@@H]1C[C@H](C)[C@@H](O[C@H]2O[C@H](CCCCO)[C@@H](O)C[C@H]2NC(=O)OCc2ccccc2)[C@H](O[C@@H]2O[C@H](CO)[C@@H](O[C@H]3O[C@H]4CCC(c5ccccc5)O[C@H]4[C@H](O)[C@H]3NC(=O)OCc3ccccc3)[C@H]2O)[C@H]1O)C(F)(F)CN=[N+]=[N-]. The molecule has 3 aromatic rings. The maximum Gasteiger partial charge on any atom is 0.407 e. The molecule has 23 nitrogen and oxygen atoms in total. The van der Waals surface area contributed by atoms with Crippen LogP contribution in [0.25, 0.3) is 10.4 Å². The Balaban J connectivity index is 1.05. The van der Waals surface area contributed by atoms with E-state index >= 15 is 8.78 Å². The molecule has 3 aromatic carbocycles. The summed E-state index contributed by atoms with van der Waals surface area (Å²) in [6.07, 6.45) is -20.4. The van der Waals surface area contributed by atoms with Gasteiger partial charge in [0.2, 0.25) is 0 Å². The predicted molar refractivity (Wildman–Crippen MR) is 283 cm³/mol. The summed E-state index contributed by atoms with van der Waals surface area (Å²) in [7, 11) is 0. The van der Waals surface area contributed by atoms with Crippen molar-refractivity contribution in [2.24, 2.45) is 22.9 Å². The number of azide groups is 1. The minimum Gasteiger partial charge on any atom is -0.445 e. The fourth-order valence-corrected chi connectivity index (χ4v) is 11.4. The molecule has 0 aromatic heterocycles. The minimum atomic E-state index is -3.74. The van der Waals surface area contributed by atoms with Gasteiger partial charge in [-0.25, -0.2) is 18.4 Å². The van der Waals surface area contributed by atoms with Crippen molar-refractivity contribution in [1.82, 2.24) is 10.6 Å². The summed E-state index contributed by atoms with van der Waals surface area (Å²) < 4.78 is 86.4. The number of alkyl carbamates (subject to hydrolysis) is 2. The van der Waals surface area contributed by atoms with Gasteiger partial charge in [-0.3, -0.25) is 4.79 Å². The van der Waals surface area contributed by atoms with Crippen LogP contribution in [0, 0.1) is 17.8 Å². The van der Waals surface area contributed by atoms with Crippen LogP contribution >= 0.6 is 0 Å². The Morgan fingerprint density at radius 2 is 1.34 bits per heavy atom. The predicted octanol–water partition coefficient (Wildman–Crippen LogP) is 5.01. The molecule has 2 amide bonds. The molecule has 4 heterocycles. The van der Waals surface area contributed by atoms with Gasteiger partial charge in [-0.2, -0.15) is 0 Å². The van der Waals surface area contributed by atoms with Crippen molar-refractivity contribution in [3.05, 3.63) is 118 Å². The summed E-state index contributed by atoms with van der Waals surface area (Å²) >= 11 is 0. The van der Waals surface area contributed by atoms with Crippen LogP contribution in [0.2, 0.25) is 0 Å². The topological polar surface area (TPSA) is 328 Å². The number of halogens is 2. The molecule has 0 spiro atoms. The van der Waals surface area contributed by atoms with Crippen molar-refractivity contribution in [2.45, 2.75) is 189 Å². The highest BCUT2D eigenvalue weighted by molar-refractivity contribution is 5.82. The molecule has 4 aliphatic heterocycles. The minimum absolute atomic E-state index is 0.0286. The van der Waals surface area contributed by atoms with Gasteiger partial charge < -0.3 is 83.9 Å². The standard InChI is InChI=1S/C57H75F2N5O18/c1-31-24-36(25-38(67)32(2)57(58,59)30-61-64-60)45(69)51(48(31)80-52-37(26-39(68)41(77-52)20-12-13-23-65)62-55(72)74-28-33-14-6-3-7-15-33)82-54-47(71)50(43(27-66)79-54)81-53-44(63-56(73)75-29-34-16-8-4-9-17-34)46(70)49-42(78-53)22-21-40(76-49)35-18-10-5-11-19-35/h3-11,14-19,31-32,36-37,39-54,65-66,68-71H,12-13,20-30H2,1-2H3,(H,62,72)(H,63,73)/t31-,32+,36-,37+,39-,40?,41+,42-,43+,44+,45-,46+,47+,48+,49+,50+,51+,52+,53+,54-/m0/s1. The quantitative estimate of drug-likeness (QED) is 0.0253. The second-order valence-electron chi connectivity index (χ2n) is 21.7. The molecular weight excluding hydrogens is 1080 g/mol. The van der Waals surface area contributed by atoms with E-state index in [0.717, 1.165) is 12.5 Å². The molecule has 8 N–H and O–H groups in total. The van der Waals surface area contributed by atoms with Crippen molar-refractivity contribution < 1.29 is 96.4 Å². The number of ketones is 1. The smallest absolute Gasteiger partial charge is 0.407 e. The Labute approximate surface area is 473 Å². The van der Waals surface area contributed by atoms with E-state index in [4.69, 9.17) is 48.2 Å².